The van der Waals surface area contributed by atoms with Gasteiger partial charge >= 0.3 is 5.97 Å². The van der Waals surface area contributed by atoms with Crippen LogP contribution in [0, 0.1) is 0 Å². The van der Waals surface area contributed by atoms with E-state index in [0.717, 1.165) is 83.5 Å². The van der Waals surface area contributed by atoms with Crippen LogP contribution in [0.5, 0.6) is 0 Å². The Balaban J connectivity index is 4.50. The minimum absolute atomic E-state index is 0.0671. The summed E-state index contributed by atoms with van der Waals surface area (Å²) in [4.78, 5) is 26.3. The predicted octanol–water partition coefficient (Wildman–Crippen LogP) is 18.4. The summed E-state index contributed by atoms with van der Waals surface area (Å²) in [6, 6.07) is -0.707. The van der Waals surface area contributed by atoms with Gasteiger partial charge in [0, 0.05) is 6.42 Å². The van der Waals surface area contributed by atoms with E-state index in [9.17, 15) is 19.8 Å². The maximum atomic E-state index is 13.3. The van der Waals surface area contributed by atoms with Gasteiger partial charge in [-0.1, -0.05) is 282 Å². The van der Waals surface area contributed by atoms with Crippen molar-refractivity contribution in [3.63, 3.8) is 0 Å². The Morgan fingerprint density at radius 3 is 1.22 bits per heavy atom. The van der Waals surface area contributed by atoms with Gasteiger partial charge in [0.1, 0.15) is 6.10 Å². The molecule has 0 aromatic carbocycles. The fraction of sp³-hybridized carbons (Fsp3) is 0.869. The fourth-order valence-corrected chi connectivity index (χ4v) is 9.27. The minimum atomic E-state index is -0.792. The molecule has 1 amide bonds. The minimum Gasteiger partial charge on any atom is -0.462 e. The summed E-state index contributed by atoms with van der Waals surface area (Å²) in [5.74, 6) is -0.478. The van der Waals surface area contributed by atoms with E-state index in [1.807, 2.05) is 0 Å². The molecule has 0 rings (SSSR count). The number of carbonyl (C=O) groups excluding carboxylic acids is 2. The number of unbranched alkanes of at least 4 members (excludes halogenated alkanes) is 36. The number of rotatable bonds is 54. The number of amides is 1. The standard InChI is InChI=1S/C61H115NO5/c1-4-7-10-13-16-19-22-25-28-29-30-31-33-36-39-42-45-48-51-54-61(66)67-57(52-49-46-43-40-37-34-27-24-21-18-15-12-9-6-3)55-60(65)62-58(56-63)59(64)53-50-47-44-41-38-35-32-26-23-20-17-14-11-8-5-2/h9,12,18,21,27,34,57-59,63-64H,4-8,10-11,13-17,19-20,22-26,28-33,35-56H2,1-3H3,(H,62,65)/b12-9+,21-18+,34-27+. The average molecular weight is 943 g/mol. The lowest BCUT2D eigenvalue weighted by Crippen LogP contribution is -2.46. The molecule has 0 aliphatic heterocycles. The highest BCUT2D eigenvalue weighted by atomic mass is 16.5. The van der Waals surface area contributed by atoms with Crippen LogP contribution in [0.4, 0.5) is 0 Å². The molecule has 0 heterocycles. The van der Waals surface area contributed by atoms with Gasteiger partial charge < -0.3 is 20.3 Å². The second kappa shape index (κ2) is 55.0. The second-order valence-electron chi connectivity index (χ2n) is 20.4. The number of aliphatic hydroxyl groups excluding tert-OH is 2. The molecule has 0 radical (unpaired) electrons. The van der Waals surface area contributed by atoms with Crippen LogP contribution < -0.4 is 5.32 Å². The van der Waals surface area contributed by atoms with Gasteiger partial charge in [-0.05, 0) is 57.8 Å². The van der Waals surface area contributed by atoms with Crippen molar-refractivity contribution < 1.29 is 24.5 Å². The molecule has 0 saturated heterocycles. The first-order valence-corrected chi connectivity index (χ1v) is 29.7. The van der Waals surface area contributed by atoms with Crippen LogP contribution >= 0.6 is 0 Å². The molecule has 0 aromatic heterocycles. The monoisotopic (exact) mass is 942 g/mol. The fourth-order valence-electron chi connectivity index (χ4n) is 9.27. The van der Waals surface area contributed by atoms with Gasteiger partial charge in [-0.2, -0.15) is 0 Å². The van der Waals surface area contributed by atoms with Gasteiger partial charge in [0.25, 0.3) is 0 Å². The van der Waals surface area contributed by atoms with Gasteiger partial charge in [0.05, 0.1) is 25.2 Å². The number of carbonyl (C=O) groups is 2. The SMILES string of the molecule is CC/C=C/C/C=C/C/C=C/CCCCCCC(CC(=O)NC(CO)C(O)CCCCCCCCCCCCCCCCC)OC(=O)CCCCCCCCCCCCCCCCCCCCC. The Hall–Kier alpha value is -1.92. The summed E-state index contributed by atoms with van der Waals surface area (Å²) in [6.07, 6.45) is 66.5. The maximum Gasteiger partial charge on any atom is 0.306 e. The molecule has 0 spiro atoms. The van der Waals surface area contributed by atoms with Crippen molar-refractivity contribution in [3.05, 3.63) is 36.5 Å². The summed E-state index contributed by atoms with van der Waals surface area (Å²) >= 11 is 0. The van der Waals surface area contributed by atoms with Crippen LogP contribution in [0.15, 0.2) is 36.5 Å². The van der Waals surface area contributed by atoms with E-state index in [1.54, 1.807) is 0 Å². The third kappa shape index (κ3) is 50.3. The third-order valence-corrected chi connectivity index (χ3v) is 13.7. The molecule has 6 heteroatoms. The highest BCUT2D eigenvalue weighted by molar-refractivity contribution is 5.77. The average Bonchev–Trinajstić information content (AvgIpc) is 3.32. The highest BCUT2D eigenvalue weighted by Crippen LogP contribution is 2.19. The first-order chi connectivity index (χ1) is 33.0. The summed E-state index contributed by atoms with van der Waals surface area (Å²) < 4.78 is 5.96. The molecule has 0 fully saturated rings. The Labute approximate surface area is 417 Å². The maximum absolute atomic E-state index is 13.3. The van der Waals surface area contributed by atoms with Gasteiger partial charge in [0.15, 0.2) is 0 Å². The molecule has 394 valence electrons. The van der Waals surface area contributed by atoms with Crippen LogP contribution in [0.3, 0.4) is 0 Å². The molecule has 3 N–H and O–H groups in total. The molecule has 3 atom stereocenters. The largest absolute Gasteiger partial charge is 0.462 e. The van der Waals surface area contributed by atoms with Crippen LogP contribution in [0.25, 0.3) is 0 Å². The van der Waals surface area contributed by atoms with Crippen molar-refractivity contribution in [2.45, 2.75) is 334 Å². The first kappa shape index (κ1) is 65.1. The Morgan fingerprint density at radius 1 is 0.448 bits per heavy atom. The lowest BCUT2D eigenvalue weighted by molar-refractivity contribution is -0.151. The van der Waals surface area contributed by atoms with Crippen molar-refractivity contribution in [2.75, 3.05) is 6.61 Å². The van der Waals surface area contributed by atoms with Crippen LogP contribution in [-0.4, -0.2) is 46.9 Å². The smallest absolute Gasteiger partial charge is 0.306 e. The lowest BCUT2D eigenvalue weighted by Gasteiger charge is -2.24. The number of hydrogen-bond acceptors (Lipinski definition) is 5. The van der Waals surface area contributed by atoms with Gasteiger partial charge in [-0.3, -0.25) is 9.59 Å². The Morgan fingerprint density at radius 2 is 0.806 bits per heavy atom. The number of nitrogens with one attached hydrogen (secondary N) is 1. The van der Waals surface area contributed by atoms with Gasteiger partial charge in [-0.15, -0.1) is 0 Å². The summed E-state index contributed by atoms with van der Waals surface area (Å²) in [5.41, 5.74) is 0. The van der Waals surface area contributed by atoms with Gasteiger partial charge in [-0.25, -0.2) is 0 Å². The second-order valence-corrected chi connectivity index (χ2v) is 20.4. The number of aliphatic hydroxyl groups is 2. The molecule has 0 aliphatic rings. The molecule has 3 unspecified atom stereocenters. The van der Waals surface area contributed by atoms with E-state index in [-0.39, 0.29) is 24.9 Å². The zero-order valence-electron chi connectivity index (χ0n) is 45.0. The molecular weight excluding hydrogens is 827 g/mol. The van der Waals surface area contributed by atoms with E-state index in [1.165, 1.54) is 186 Å². The van der Waals surface area contributed by atoms with Crippen LogP contribution in [0.2, 0.25) is 0 Å². The quantitative estimate of drug-likeness (QED) is 0.0321. The molecule has 67 heavy (non-hydrogen) atoms. The van der Waals surface area contributed by atoms with E-state index in [4.69, 9.17) is 4.74 Å². The van der Waals surface area contributed by atoms with E-state index >= 15 is 0 Å². The van der Waals surface area contributed by atoms with E-state index < -0.39 is 18.2 Å². The molecule has 0 aromatic rings. The van der Waals surface area contributed by atoms with Crippen molar-refractivity contribution in [2.24, 2.45) is 0 Å². The number of hydrogen-bond donors (Lipinski definition) is 3. The molecule has 6 nitrogen and oxygen atoms in total. The van der Waals surface area contributed by atoms with E-state index in [0.29, 0.717) is 19.3 Å². The van der Waals surface area contributed by atoms with Crippen molar-refractivity contribution in [1.82, 2.24) is 5.32 Å². The highest BCUT2D eigenvalue weighted by Gasteiger charge is 2.24. The number of allylic oxidation sites excluding steroid dienone is 6. The van der Waals surface area contributed by atoms with Crippen molar-refractivity contribution >= 4 is 11.9 Å². The lowest BCUT2D eigenvalue weighted by atomic mass is 10.0. The first-order valence-electron chi connectivity index (χ1n) is 29.7. The summed E-state index contributed by atoms with van der Waals surface area (Å²) in [7, 11) is 0. The Kier molecular flexibility index (Phi) is 53.4. The number of esters is 1. The molecule has 0 aliphatic carbocycles. The number of ether oxygens (including phenoxy) is 1. The zero-order chi connectivity index (χ0) is 48.8. The van der Waals surface area contributed by atoms with Crippen molar-refractivity contribution in [3.8, 4) is 0 Å². The van der Waals surface area contributed by atoms with Crippen LogP contribution in [0.1, 0.15) is 316 Å². The predicted molar refractivity (Wildman–Crippen MR) is 292 cm³/mol. The topological polar surface area (TPSA) is 95.9 Å². The zero-order valence-corrected chi connectivity index (χ0v) is 45.0. The van der Waals surface area contributed by atoms with Gasteiger partial charge in [0.2, 0.25) is 5.91 Å². The van der Waals surface area contributed by atoms with Crippen molar-refractivity contribution in [1.29, 1.82) is 0 Å². The Bertz CT molecular complexity index is 1100. The molecule has 0 bridgehead atoms. The third-order valence-electron chi connectivity index (χ3n) is 13.7. The molecule has 0 saturated carbocycles. The summed E-state index contributed by atoms with van der Waals surface area (Å²) in [6.45, 7) is 6.41. The molecular formula is C61H115NO5. The van der Waals surface area contributed by atoms with E-state index in [2.05, 4.69) is 62.5 Å². The normalized spacial score (nSPS) is 13.3. The van der Waals surface area contributed by atoms with Crippen LogP contribution in [-0.2, 0) is 14.3 Å². The summed E-state index contributed by atoms with van der Waals surface area (Å²) in [5, 5.41) is 23.9.